The molecule has 0 atom stereocenters. The molecule has 0 aliphatic heterocycles. The Morgan fingerprint density at radius 1 is 1.10 bits per heavy atom. The fraction of sp³-hybridized carbons (Fsp3) is 0.281. The predicted molar refractivity (Wildman–Crippen MR) is 156 cm³/mol. The molecule has 0 radical (unpaired) electrons. The van der Waals surface area contributed by atoms with Crippen LogP contribution in [0.2, 0.25) is 0 Å². The number of nitrogens with zero attached hydrogens (tertiary/aromatic N) is 2. The van der Waals surface area contributed by atoms with Gasteiger partial charge in [0.1, 0.15) is 16.6 Å². The molecule has 1 amide bonds. The summed E-state index contributed by atoms with van der Waals surface area (Å²) >= 11 is 1.43. The number of fused-ring (bicyclic) bond motifs is 2. The van der Waals surface area contributed by atoms with Gasteiger partial charge in [0.15, 0.2) is 0 Å². The molecule has 0 bridgehead atoms. The van der Waals surface area contributed by atoms with Gasteiger partial charge in [-0.25, -0.2) is 4.79 Å². The predicted octanol–water partition coefficient (Wildman–Crippen LogP) is 7.13. The van der Waals surface area contributed by atoms with E-state index in [1.165, 1.54) is 11.3 Å². The fourth-order valence-electron chi connectivity index (χ4n) is 5.03. The lowest BCUT2D eigenvalue weighted by molar-refractivity contribution is -0.112. The molecule has 7 heteroatoms. The number of unbranched alkanes of at least 4 members (excludes halogenated alkanes) is 1. The molecule has 1 aliphatic rings. The zero-order chi connectivity index (χ0) is 27.2. The van der Waals surface area contributed by atoms with Crippen molar-refractivity contribution in [1.82, 2.24) is 4.57 Å². The monoisotopic (exact) mass is 537 g/mol. The lowest BCUT2D eigenvalue weighted by Crippen LogP contribution is -2.17. The summed E-state index contributed by atoms with van der Waals surface area (Å²) in [6.45, 7) is 3.07. The number of anilines is 1. The van der Waals surface area contributed by atoms with Crippen LogP contribution < -0.4 is 5.32 Å². The third kappa shape index (κ3) is 5.81. The third-order valence-electron chi connectivity index (χ3n) is 7.01. The number of para-hydroxylation sites is 1. The third-order valence-corrected chi connectivity index (χ3v) is 8.22. The van der Waals surface area contributed by atoms with Crippen LogP contribution >= 0.6 is 11.3 Å². The molecular weight excluding hydrogens is 506 g/mol. The average molecular weight is 538 g/mol. The van der Waals surface area contributed by atoms with Crippen LogP contribution in [0, 0.1) is 11.3 Å². The van der Waals surface area contributed by atoms with Gasteiger partial charge in [-0.1, -0.05) is 61.9 Å². The molecule has 0 unspecified atom stereocenters. The van der Waals surface area contributed by atoms with Gasteiger partial charge >= 0.3 is 5.97 Å². The Bertz CT molecular complexity index is 1570. The summed E-state index contributed by atoms with van der Waals surface area (Å²) in [6, 6.07) is 20.2. The second-order valence-corrected chi connectivity index (χ2v) is 10.8. The van der Waals surface area contributed by atoms with Gasteiger partial charge < -0.3 is 14.6 Å². The number of thiophene rings is 1. The van der Waals surface area contributed by atoms with Crippen molar-refractivity contribution in [3.63, 3.8) is 0 Å². The van der Waals surface area contributed by atoms with E-state index in [2.05, 4.69) is 28.1 Å². The molecule has 0 saturated heterocycles. The number of nitrogens with one attached hydrogen (secondary N) is 1. The molecule has 6 nitrogen and oxygen atoms in total. The normalized spacial score (nSPS) is 13.1. The molecule has 0 fully saturated rings. The van der Waals surface area contributed by atoms with Crippen molar-refractivity contribution >= 4 is 45.2 Å². The van der Waals surface area contributed by atoms with Crippen LogP contribution in [0.15, 0.2) is 66.4 Å². The molecule has 1 aliphatic carbocycles. The van der Waals surface area contributed by atoms with Crippen LogP contribution in [-0.2, 0) is 28.9 Å². The van der Waals surface area contributed by atoms with Crippen molar-refractivity contribution in [2.45, 2.75) is 52.0 Å². The van der Waals surface area contributed by atoms with E-state index in [1.807, 2.05) is 55.6 Å². The van der Waals surface area contributed by atoms with Crippen molar-refractivity contribution in [3.8, 4) is 6.07 Å². The first kappa shape index (κ1) is 26.5. The molecule has 4 aromatic rings. The lowest BCUT2D eigenvalue weighted by atomic mass is 9.95. The Morgan fingerprint density at radius 3 is 2.67 bits per heavy atom. The Labute approximate surface area is 232 Å². The Morgan fingerprint density at radius 2 is 1.87 bits per heavy atom. The van der Waals surface area contributed by atoms with Crippen molar-refractivity contribution in [1.29, 1.82) is 5.26 Å². The molecule has 0 spiro atoms. The van der Waals surface area contributed by atoms with Gasteiger partial charge in [-0.05, 0) is 55.4 Å². The van der Waals surface area contributed by atoms with E-state index in [4.69, 9.17) is 4.74 Å². The standard InChI is InChI=1S/C32H31N3O3S/c1-2-3-17-38-32(37)29-26-14-8-10-16-28(26)39-31(29)34-30(36)23(19-33)18-24-21-35(20-22-11-5-4-6-12-22)27-15-9-7-13-25(24)27/h4-7,9,11-13,15,18,21H,2-3,8,10,14,16-17,20H2,1H3,(H,34,36). The molecule has 1 N–H and O–H groups in total. The summed E-state index contributed by atoms with van der Waals surface area (Å²) in [7, 11) is 0. The van der Waals surface area contributed by atoms with Gasteiger partial charge in [-0.2, -0.15) is 5.26 Å². The van der Waals surface area contributed by atoms with E-state index in [0.717, 1.165) is 71.0 Å². The van der Waals surface area contributed by atoms with Crippen molar-refractivity contribution in [3.05, 3.63) is 93.5 Å². The van der Waals surface area contributed by atoms with Gasteiger partial charge in [0.2, 0.25) is 0 Å². The van der Waals surface area contributed by atoms with Crippen molar-refractivity contribution < 1.29 is 14.3 Å². The van der Waals surface area contributed by atoms with Crippen LogP contribution in [-0.4, -0.2) is 23.1 Å². The second-order valence-electron chi connectivity index (χ2n) is 9.74. The van der Waals surface area contributed by atoms with E-state index < -0.39 is 11.9 Å². The SMILES string of the molecule is CCCCOC(=O)c1c(NC(=O)C(C#N)=Cc2cn(Cc3ccccc3)c3ccccc23)sc2c1CCCC2. The number of rotatable bonds is 9. The van der Waals surface area contributed by atoms with Gasteiger partial charge in [0.25, 0.3) is 5.91 Å². The van der Waals surface area contributed by atoms with E-state index in [1.54, 1.807) is 6.08 Å². The lowest BCUT2D eigenvalue weighted by Gasteiger charge is -2.12. The van der Waals surface area contributed by atoms with Crippen LogP contribution in [0.1, 0.15) is 64.5 Å². The molecule has 5 rings (SSSR count). The number of aromatic nitrogens is 1. The summed E-state index contributed by atoms with van der Waals surface area (Å²) in [5.41, 5.74) is 4.39. The largest absolute Gasteiger partial charge is 0.462 e. The van der Waals surface area contributed by atoms with Crippen molar-refractivity contribution in [2.24, 2.45) is 0 Å². The van der Waals surface area contributed by atoms with E-state index >= 15 is 0 Å². The minimum Gasteiger partial charge on any atom is -0.462 e. The van der Waals surface area contributed by atoms with Gasteiger partial charge in [-0.15, -0.1) is 11.3 Å². The van der Waals surface area contributed by atoms with Gasteiger partial charge in [0.05, 0.1) is 12.2 Å². The number of hydrogen-bond acceptors (Lipinski definition) is 5. The van der Waals surface area contributed by atoms with Crippen molar-refractivity contribution in [2.75, 3.05) is 11.9 Å². The minimum absolute atomic E-state index is 0.0192. The molecule has 39 heavy (non-hydrogen) atoms. The molecule has 0 saturated carbocycles. The first-order valence-electron chi connectivity index (χ1n) is 13.5. The number of benzene rings is 2. The van der Waals surface area contributed by atoms with Crippen LogP contribution in [0.4, 0.5) is 5.00 Å². The number of carbonyl (C=O) groups is 2. The summed E-state index contributed by atoms with van der Waals surface area (Å²) in [5.74, 6) is -0.928. The highest BCUT2D eigenvalue weighted by Crippen LogP contribution is 2.39. The zero-order valence-corrected chi connectivity index (χ0v) is 22.9. The highest BCUT2D eigenvalue weighted by Gasteiger charge is 2.28. The maximum Gasteiger partial charge on any atom is 0.341 e. The van der Waals surface area contributed by atoms with Crippen LogP contribution in [0.5, 0.6) is 0 Å². The van der Waals surface area contributed by atoms with E-state index in [9.17, 15) is 14.9 Å². The second kappa shape index (κ2) is 12.1. The summed E-state index contributed by atoms with van der Waals surface area (Å²) in [5, 5.41) is 14.3. The molecule has 198 valence electrons. The Hall–Kier alpha value is -4.15. The number of nitriles is 1. The zero-order valence-electron chi connectivity index (χ0n) is 22.0. The fourth-order valence-corrected chi connectivity index (χ4v) is 6.30. The average Bonchev–Trinajstić information content (AvgIpc) is 3.50. The number of ether oxygens (including phenoxy) is 1. The number of amides is 1. The highest BCUT2D eigenvalue weighted by molar-refractivity contribution is 7.17. The summed E-state index contributed by atoms with van der Waals surface area (Å²) in [6.07, 6.45) is 9.06. The minimum atomic E-state index is -0.529. The molecule has 2 aromatic carbocycles. The Kier molecular flexibility index (Phi) is 8.24. The number of carbonyl (C=O) groups excluding carboxylic acids is 2. The first-order valence-corrected chi connectivity index (χ1v) is 14.3. The summed E-state index contributed by atoms with van der Waals surface area (Å²) in [4.78, 5) is 27.5. The van der Waals surface area contributed by atoms with Crippen LogP contribution in [0.25, 0.3) is 17.0 Å². The smallest absolute Gasteiger partial charge is 0.341 e. The molecule has 2 aromatic heterocycles. The van der Waals surface area contributed by atoms with Crippen LogP contribution in [0.3, 0.4) is 0 Å². The maximum absolute atomic E-state index is 13.4. The van der Waals surface area contributed by atoms with E-state index in [-0.39, 0.29) is 5.57 Å². The van der Waals surface area contributed by atoms with Gasteiger partial charge in [-0.3, -0.25) is 4.79 Å². The number of esters is 1. The quantitative estimate of drug-likeness (QED) is 0.107. The number of aryl methyl sites for hydroxylation is 1. The summed E-state index contributed by atoms with van der Waals surface area (Å²) < 4.78 is 7.66. The first-order chi connectivity index (χ1) is 19.1. The molecular formula is C32H31N3O3S. The highest BCUT2D eigenvalue weighted by atomic mass is 32.1. The topological polar surface area (TPSA) is 84.1 Å². The maximum atomic E-state index is 13.4. The van der Waals surface area contributed by atoms with Gasteiger partial charge in [0, 0.05) is 34.1 Å². The van der Waals surface area contributed by atoms with E-state index in [0.29, 0.717) is 23.7 Å². The molecule has 2 heterocycles. The Balaban J connectivity index is 1.45. The number of hydrogen-bond donors (Lipinski definition) is 1.